The highest BCUT2D eigenvalue weighted by atomic mass is 79.9. The van der Waals surface area contributed by atoms with Crippen molar-refractivity contribution in [1.29, 1.82) is 0 Å². The third-order valence-electron chi connectivity index (χ3n) is 2.06. The van der Waals surface area contributed by atoms with Crippen molar-refractivity contribution in [3.8, 4) is 0 Å². The first kappa shape index (κ1) is 13.1. The second-order valence-corrected chi connectivity index (χ2v) is 4.28. The summed E-state index contributed by atoms with van der Waals surface area (Å²) in [7, 11) is 0. The van der Waals surface area contributed by atoms with Crippen LogP contribution >= 0.6 is 15.9 Å². The molecule has 0 saturated carbocycles. The number of carbonyl (C=O) groups is 1. The van der Waals surface area contributed by atoms with Crippen LogP contribution in [0.4, 0.5) is 8.78 Å². The summed E-state index contributed by atoms with van der Waals surface area (Å²) in [6.07, 6.45) is -0.913. The summed E-state index contributed by atoms with van der Waals surface area (Å²) in [6.45, 7) is 0. The number of halogens is 3. The molecule has 0 amide bonds. The van der Waals surface area contributed by atoms with Crippen molar-refractivity contribution in [2.45, 2.75) is 18.4 Å². The van der Waals surface area contributed by atoms with Crippen LogP contribution in [0, 0.1) is 0 Å². The molecule has 0 radical (unpaired) electrons. The van der Waals surface area contributed by atoms with Crippen molar-refractivity contribution in [2.75, 3.05) is 0 Å². The molecule has 0 aliphatic carbocycles. The van der Waals surface area contributed by atoms with Crippen LogP contribution in [0.1, 0.15) is 12.0 Å². The van der Waals surface area contributed by atoms with Crippen LogP contribution in [0.25, 0.3) is 0 Å². The normalized spacial score (nSPS) is 13.5. The molecule has 0 aromatic heterocycles. The minimum Gasteiger partial charge on any atom is -0.480 e. The Labute approximate surface area is 99.4 Å². The molecule has 0 spiro atoms. The molecule has 0 aliphatic heterocycles. The number of aliphatic carboxylic acids is 1. The van der Waals surface area contributed by atoms with Crippen LogP contribution in [-0.2, 0) is 10.7 Å². The van der Waals surface area contributed by atoms with E-state index in [9.17, 15) is 13.6 Å². The van der Waals surface area contributed by atoms with Gasteiger partial charge in [0, 0.05) is 16.5 Å². The van der Waals surface area contributed by atoms with Gasteiger partial charge in [0.25, 0.3) is 5.92 Å². The van der Waals surface area contributed by atoms with E-state index >= 15 is 0 Å². The zero-order chi connectivity index (χ0) is 12.3. The molecule has 88 valence electrons. The summed E-state index contributed by atoms with van der Waals surface area (Å²) in [5.41, 5.74) is 4.84. The number of hydrogen-bond acceptors (Lipinski definition) is 2. The Morgan fingerprint density at radius 2 is 1.94 bits per heavy atom. The smallest absolute Gasteiger partial charge is 0.320 e. The molecule has 0 saturated heterocycles. The number of benzene rings is 1. The topological polar surface area (TPSA) is 63.3 Å². The van der Waals surface area contributed by atoms with Gasteiger partial charge in [0.1, 0.15) is 6.04 Å². The van der Waals surface area contributed by atoms with Crippen LogP contribution in [0.3, 0.4) is 0 Å². The number of alkyl halides is 2. The molecule has 3 nitrogen and oxygen atoms in total. The molecule has 0 heterocycles. The van der Waals surface area contributed by atoms with Gasteiger partial charge in [-0.05, 0) is 12.1 Å². The first-order chi connectivity index (χ1) is 7.33. The monoisotopic (exact) mass is 293 g/mol. The molecule has 1 unspecified atom stereocenters. The van der Waals surface area contributed by atoms with Crippen molar-refractivity contribution in [1.82, 2.24) is 0 Å². The van der Waals surface area contributed by atoms with Crippen molar-refractivity contribution in [2.24, 2.45) is 5.73 Å². The van der Waals surface area contributed by atoms with Crippen LogP contribution < -0.4 is 5.73 Å². The zero-order valence-corrected chi connectivity index (χ0v) is 9.75. The first-order valence-corrected chi connectivity index (χ1v) is 5.24. The van der Waals surface area contributed by atoms with Gasteiger partial charge >= 0.3 is 5.97 Å². The van der Waals surface area contributed by atoms with Gasteiger partial charge in [0.2, 0.25) is 0 Å². The number of rotatable bonds is 4. The third-order valence-corrected chi connectivity index (χ3v) is 2.59. The minimum absolute atomic E-state index is 0.243. The number of carboxylic acids is 1. The van der Waals surface area contributed by atoms with E-state index < -0.39 is 24.4 Å². The fourth-order valence-corrected chi connectivity index (χ4v) is 1.44. The Balaban J connectivity index is 2.84. The summed E-state index contributed by atoms with van der Waals surface area (Å²) < 4.78 is 27.8. The quantitative estimate of drug-likeness (QED) is 0.896. The maximum absolute atomic E-state index is 13.5. The van der Waals surface area contributed by atoms with Crippen LogP contribution in [0.5, 0.6) is 0 Å². The lowest BCUT2D eigenvalue weighted by Gasteiger charge is -2.18. The zero-order valence-electron chi connectivity index (χ0n) is 8.16. The average molecular weight is 294 g/mol. The number of nitrogens with two attached hydrogens (primary N) is 1. The molecule has 1 rings (SSSR count). The van der Waals surface area contributed by atoms with Crippen LogP contribution in [-0.4, -0.2) is 17.1 Å². The molecule has 1 aromatic carbocycles. The number of hydrogen-bond donors (Lipinski definition) is 2. The molecule has 0 bridgehead atoms. The molecular weight excluding hydrogens is 284 g/mol. The van der Waals surface area contributed by atoms with Crippen LogP contribution in [0.15, 0.2) is 28.7 Å². The Bertz CT molecular complexity index is 381. The van der Waals surface area contributed by atoms with E-state index in [0.29, 0.717) is 4.47 Å². The summed E-state index contributed by atoms with van der Waals surface area (Å²) in [5.74, 6) is -4.67. The fourth-order valence-electron chi connectivity index (χ4n) is 1.18. The van der Waals surface area contributed by atoms with Gasteiger partial charge in [-0.2, -0.15) is 0 Å². The van der Waals surface area contributed by atoms with Crippen molar-refractivity contribution < 1.29 is 18.7 Å². The predicted octanol–water partition coefficient (Wildman–Crippen LogP) is 2.34. The largest absolute Gasteiger partial charge is 0.480 e. The van der Waals surface area contributed by atoms with Crippen LogP contribution in [0.2, 0.25) is 0 Å². The van der Waals surface area contributed by atoms with E-state index in [2.05, 4.69) is 15.9 Å². The second-order valence-electron chi connectivity index (χ2n) is 3.36. The fraction of sp³-hybridized carbons (Fsp3) is 0.300. The maximum atomic E-state index is 13.5. The molecule has 16 heavy (non-hydrogen) atoms. The predicted molar refractivity (Wildman–Crippen MR) is 58.3 cm³/mol. The van der Waals surface area contributed by atoms with E-state index in [4.69, 9.17) is 10.8 Å². The van der Waals surface area contributed by atoms with Gasteiger partial charge in [0.05, 0.1) is 0 Å². The van der Waals surface area contributed by atoms with Crippen molar-refractivity contribution >= 4 is 21.9 Å². The standard InChI is InChI=1S/C10H10BrF2NO2/c11-7-3-1-6(2-4-7)10(12,13)5-8(14)9(15)16/h1-4,8H,5,14H2,(H,15,16). The molecule has 0 aliphatic rings. The van der Waals surface area contributed by atoms with E-state index in [-0.39, 0.29) is 5.56 Å². The first-order valence-electron chi connectivity index (χ1n) is 4.45. The highest BCUT2D eigenvalue weighted by Crippen LogP contribution is 2.33. The van der Waals surface area contributed by atoms with E-state index in [0.717, 1.165) is 0 Å². The lowest BCUT2D eigenvalue weighted by Crippen LogP contribution is -2.35. The van der Waals surface area contributed by atoms with E-state index in [1.165, 1.54) is 24.3 Å². The Kier molecular flexibility index (Phi) is 3.98. The van der Waals surface area contributed by atoms with Gasteiger partial charge in [-0.1, -0.05) is 28.1 Å². The van der Waals surface area contributed by atoms with E-state index in [1.807, 2.05) is 0 Å². The van der Waals surface area contributed by atoms with Crippen molar-refractivity contribution in [3.63, 3.8) is 0 Å². The van der Waals surface area contributed by atoms with Gasteiger partial charge < -0.3 is 10.8 Å². The van der Waals surface area contributed by atoms with Gasteiger partial charge in [0.15, 0.2) is 0 Å². The lowest BCUT2D eigenvalue weighted by molar-refractivity contribution is -0.141. The summed E-state index contributed by atoms with van der Waals surface area (Å²) in [4.78, 5) is 10.4. The summed E-state index contributed by atoms with van der Waals surface area (Å²) in [5, 5.41) is 8.47. The molecular formula is C10H10BrF2NO2. The molecule has 6 heteroatoms. The Hall–Kier alpha value is -1.01. The lowest BCUT2D eigenvalue weighted by atomic mass is 10.0. The third kappa shape index (κ3) is 3.24. The average Bonchev–Trinajstić information content (AvgIpc) is 2.17. The molecule has 0 fully saturated rings. The highest BCUT2D eigenvalue weighted by Gasteiger charge is 2.35. The van der Waals surface area contributed by atoms with Gasteiger partial charge in [-0.15, -0.1) is 0 Å². The Morgan fingerprint density at radius 3 is 2.38 bits per heavy atom. The van der Waals surface area contributed by atoms with Crippen molar-refractivity contribution in [3.05, 3.63) is 34.3 Å². The molecule has 1 atom stereocenters. The Morgan fingerprint density at radius 1 is 1.44 bits per heavy atom. The molecule has 1 aromatic rings. The van der Waals surface area contributed by atoms with Gasteiger partial charge in [-0.3, -0.25) is 4.79 Å². The van der Waals surface area contributed by atoms with Gasteiger partial charge in [-0.25, -0.2) is 8.78 Å². The SMILES string of the molecule is NC(CC(F)(F)c1ccc(Br)cc1)C(=O)O. The van der Waals surface area contributed by atoms with E-state index in [1.54, 1.807) is 0 Å². The maximum Gasteiger partial charge on any atom is 0.320 e. The minimum atomic E-state index is -3.24. The summed E-state index contributed by atoms with van der Waals surface area (Å²) >= 11 is 3.12. The number of carboxylic acid groups (broad SMARTS) is 1. The molecule has 3 N–H and O–H groups in total. The second kappa shape index (κ2) is 4.88. The highest BCUT2D eigenvalue weighted by molar-refractivity contribution is 9.10. The summed E-state index contributed by atoms with van der Waals surface area (Å²) in [6, 6.07) is 3.83.